The lowest BCUT2D eigenvalue weighted by atomic mass is 9.93. The third kappa shape index (κ3) is 2.59. The molecular weight excluding hydrogens is 210 g/mol. The predicted octanol–water partition coefficient (Wildman–Crippen LogP) is 3.38. The molecule has 0 aliphatic carbocycles. The summed E-state index contributed by atoms with van der Waals surface area (Å²) >= 11 is 0. The molecule has 0 fully saturated rings. The topological polar surface area (TPSA) is 30.0 Å². The number of hydrogen-bond donors (Lipinski definition) is 0. The van der Waals surface area contributed by atoms with Crippen molar-refractivity contribution in [2.24, 2.45) is 0 Å². The van der Waals surface area contributed by atoms with E-state index < -0.39 is 0 Å². The zero-order chi connectivity index (χ0) is 12.3. The molecule has 1 unspecified atom stereocenters. The van der Waals surface area contributed by atoms with Crippen LogP contribution in [0.1, 0.15) is 34.3 Å². The van der Waals surface area contributed by atoms with Crippen LogP contribution in [0.2, 0.25) is 0 Å². The maximum absolute atomic E-state index is 12.3. The van der Waals surface area contributed by atoms with Crippen molar-refractivity contribution in [3.63, 3.8) is 0 Å². The third-order valence-electron chi connectivity index (χ3n) is 2.85. The minimum absolute atomic E-state index is 0.118. The molecule has 0 saturated heterocycles. The van der Waals surface area contributed by atoms with Gasteiger partial charge in [-0.3, -0.25) is 9.78 Å². The van der Waals surface area contributed by atoms with E-state index in [-0.39, 0.29) is 11.7 Å². The van der Waals surface area contributed by atoms with E-state index >= 15 is 0 Å². The van der Waals surface area contributed by atoms with Crippen LogP contribution in [-0.2, 0) is 0 Å². The Labute approximate surface area is 101 Å². The van der Waals surface area contributed by atoms with Crippen molar-refractivity contribution in [2.75, 3.05) is 0 Å². The largest absolute Gasteiger partial charge is 0.293 e. The van der Waals surface area contributed by atoms with Crippen LogP contribution in [-0.4, -0.2) is 10.8 Å². The smallest absolute Gasteiger partial charge is 0.171 e. The summed E-state index contributed by atoms with van der Waals surface area (Å²) in [5.41, 5.74) is 2.73. The number of aryl methyl sites for hydroxylation is 1. The molecule has 2 rings (SSSR count). The number of carbonyl (C=O) groups excluding carboxylic acids is 1. The molecule has 0 aliphatic rings. The molecule has 2 nitrogen and oxygen atoms in total. The molecule has 0 amide bonds. The lowest BCUT2D eigenvalue weighted by Crippen LogP contribution is -2.10. The van der Waals surface area contributed by atoms with E-state index in [1.54, 1.807) is 12.4 Å². The Bertz CT molecular complexity index is 519. The van der Waals surface area contributed by atoms with Crippen LogP contribution in [0.25, 0.3) is 0 Å². The molecule has 2 heteroatoms. The molecular formula is C15H15NO. The summed E-state index contributed by atoms with van der Waals surface area (Å²) in [7, 11) is 0. The summed E-state index contributed by atoms with van der Waals surface area (Å²) in [6.45, 7) is 3.87. The van der Waals surface area contributed by atoms with E-state index in [1.807, 2.05) is 50.2 Å². The first-order chi connectivity index (χ1) is 8.18. The molecule has 86 valence electrons. The second kappa shape index (κ2) is 4.91. The number of carbonyl (C=O) groups is 1. The second-order valence-corrected chi connectivity index (χ2v) is 4.25. The van der Waals surface area contributed by atoms with Gasteiger partial charge in [0, 0.05) is 23.9 Å². The highest BCUT2D eigenvalue weighted by molar-refractivity contribution is 6.00. The highest BCUT2D eigenvalue weighted by atomic mass is 16.1. The van der Waals surface area contributed by atoms with Crippen LogP contribution in [0, 0.1) is 6.92 Å². The number of pyridine rings is 1. The molecule has 0 saturated carbocycles. The van der Waals surface area contributed by atoms with Crippen LogP contribution in [0.3, 0.4) is 0 Å². The summed E-state index contributed by atoms with van der Waals surface area (Å²) in [5.74, 6) is -0.00722. The quantitative estimate of drug-likeness (QED) is 0.749. The van der Waals surface area contributed by atoms with Crippen molar-refractivity contribution >= 4 is 5.78 Å². The minimum atomic E-state index is -0.125. The summed E-state index contributed by atoms with van der Waals surface area (Å²) < 4.78 is 0. The molecule has 1 atom stereocenters. The molecule has 2 aromatic rings. The van der Waals surface area contributed by atoms with Gasteiger partial charge in [0.15, 0.2) is 5.78 Å². The van der Waals surface area contributed by atoms with Gasteiger partial charge in [0.25, 0.3) is 0 Å². The Morgan fingerprint density at radius 1 is 1.18 bits per heavy atom. The number of benzene rings is 1. The number of aromatic nitrogens is 1. The Hall–Kier alpha value is -1.96. The Morgan fingerprint density at radius 2 is 1.88 bits per heavy atom. The van der Waals surface area contributed by atoms with Gasteiger partial charge in [-0.1, -0.05) is 37.3 Å². The Kier molecular flexibility index (Phi) is 3.33. The maximum Gasteiger partial charge on any atom is 0.171 e. The van der Waals surface area contributed by atoms with Crippen molar-refractivity contribution in [3.05, 3.63) is 65.5 Å². The van der Waals surface area contributed by atoms with Gasteiger partial charge in [-0.25, -0.2) is 0 Å². The predicted molar refractivity (Wildman–Crippen MR) is 68.2 cm³/mol. The fourth-order valence-corrected chi connectivity index (χ4v) is 1.83. The molecule has 0 spiro atoms. The van der Waals surface area contributed by atoms with E-state index in [1.165, 1.54) is 0 Å². The van der Waals surface area contributed by atoms with Gasteiger partial charge in [-0.15, -0.1) is 0 Å². The van der Waals surface area contributed by atoms with Gasteiger partial charge < -0.3 is 0 Å². The second-order valence-electron chi connectivity index (χ2n) is 4.25. The van der Waals surface area contributed by atoms with Gasteiger partial charge in [0.2, 0.25) is 0 Å². The van der Waals surface area contributed by atoms with E-state index in [9.17, 15) is 4.79 Å². The molecule has 0 N–H and O–H groups in total. The highest BCUT2D eigenvalue weighted by Gasteiger charge is 2.16. The molecule has 0 bridgehead atoms. The molecule has 1 aromatic carbocycles. The summed E-state index contributed by atoms with van der Waals surface area (Å²) in [6, 6.07) is 11.7. The monoisotopic (exact) mass is 225 g/mol. The van der Waals surface area contributed by atoms with E-state index in [2.05, 4.69) is 4.98 Å². The first-order valence-electron chi connectivity index (χ1n) is 5.69. The van der Waals surface area contributed by atoms with E-state index in [0.717, 1.165) is 11.1 Å². The highest BCUT2D eigenvalue weighted by Crippen LogP contribution is 2.20. The van der Waals surface area contributed by atoms with Crippen molar-refractivity contribution in [1.82, 2.24) is 4.98 Å². The molecule has 1 aromatic heterocycles. The Morgan fingerprint density at radius 3 is 2.53 bits per heavy atom. The van der Waals surface area contributed by atoms with Crippen molar-refractivity contribution in [2.45, 2.75) is 19.8 Å². The Balaban J connectivity index is 2.27. The fourth-order valence-electron chi connectivity index (χ4n) is 1.83. The van der Waals surface area contributed by atoms with Gasteiger partial charge in [-0.05, 0) is 24.1 Å². The first kappa shape index (κ1) is 11.5. The molecule has 0 radical (unpaired) electrons. The van der Waals surface area contributed by atoms with Crippen LogP contribution >= 0.6 is 0 Å². The van der Waals surface area contributed by atoms with Crippen molar-refractivity contribution in [3.8, 4) is 0 Å². The average Bonchev–Trinajstić information content (AvgIpc) is 2.38. The number of Topliss-reactive ketones (excluding diaryl/α,β-unsaturated/α-hetero) is 1. The van der Waals surface area contributed by atoms with Crippen LogP contribution in [0.4, 0.5) is 0 Å². The van der Waals surface area contributed by atoms with Crippen LogP contribution < -0.4 is 0 Å². The van der Waals surface area contributed by atoms with Gasteiger partial charge in [0.1, 0.15) is 0 Å². The van der Waals surface area contributed by atoms with E-state index in [0.29, 0.717) is 5.56 Å². The lowest BCUT2D eigenvalue weighted by Gasteiger charge is -2.10. The molecule has 0 aliphatic heterocycles. The number of rotatable bonds is 3. The average molecular weight is 225 g/mol. The maximum atomic E-state index is 12.3. The summed E-state index contributed by atoms with van der Waals surface area (Å²) in [6.07, 6.45) is 3.39. The number of nitrogens with zero attached hydrogens (tertiary/aromatic N) is 1. The number of ketones is 1. The van der Waals surface area contributed by atoms with Gasteiger partial charge >= 0.3 is 0 Å². The minimum Gasteiger partial charge on any atom is -0.293 e. The molecule has 1 heterocycles. The van der Waals surface area contributed by atoms with Crippen molar-refractivity contribution in [1.29, 1.82) is 0 Å². The standard InChI is InChI=1S/C15H15NO/c1-11-8-14(10-16-9-11)15(17)12(2)13-6-4-3-5-7-13/h3-10,12H,1-2H3. The fraction of sp³-hybridized carbons (Fsp3) is 0.200. The first-order valence-corrected chi connectivity index (χ1v) is 5.69. The van der Waals surface area contributed by atoms with Crippen molar-refractivity contribution < 1.29 is 4.79 Å². The third-order valence-corrected chi connectivity index (χ3v) is 2.85. The zero-order valence-electron chi connectivity index (χ0n) is 10.1. The molecule has 17 heavy (non-hydrogen) atoms. The summed E-state index contributed by atoms with van der Waals surface area (Å²) in [4.78, 5) is 16.3. The SMILES string of the molecule is Cc1cncc(C(=O)C(C)c2ccccc2)c1. The normalized spacial score (nSPS) is 12.1. The number of hydrogen-bond acceptors (Lipinski definition) is 2. The van der Waals surface area contributed by atoms with Gasteiger partial charge in [-0.2, -0.15) is 0 Å². The van der Waals surface area contributed by atoms with Crippen LogP contribution in [0.15, 0.2) is 48.8 Å². The van der Waals surface area contributed by atoms with Gasteiger partial charge in [0.05, 0.1) is 0 Å². The van der Waals surface area contributed by atoms with Crippen LogP contribution in [0.5, 0.6) is 0 Å². The zero-order valence-corrected chi connectivity index (χ0v) is 10.1. The van der Waals surface area contributed by atoms with E-state index in [4.69, 9.17) is 0 Å². The lowest BCUT2D eigenvalue weighted by molar-refractivity contribution is 0.0965. The summed E-state index contributed by atoms with van der Waals surface area (Å²) in [5, 5.41) is 0.